The molecule has 27 heavy (non-hydrogen) atoms. The number of aromatic nitrogens is 1. The second kappa shape index (κ2) is 6.47. The Hall–Kier alpha value is -2.16. The Morgan fingerprint density at radius 2 is 2.00 bits per heavy atom. The van der Waals surface area contributed by atoms with Crippen LogP contribution in [0, 0.1) is 5.82 Å². The number of rotatable bonds is 4. The van der Waals surface area contributed by atoms with E-state index in [1.165, 1.54) is 11.1 Å². The predicted molar refractivity (Wildman–Crippen MR) is 97.0 cm³/mol. The summed E-state index contributed by atoms with van der Waals surface area (Å²) in [5.41, 5.74) is -0.926. The molecule has 1 saturated carbocycles. The van der Waals surface area contributed by atoms with Crippen molar-refractivity contribution in [2.24, 2.45) is 0 Å². The zero-order valence-corrected chi connectivity index (χ0v) is 15.0. The molecular weight excluding hydrogens is 379 g/mol. The van der Waals surface area contributed by atoms with Crippen LogP contribution >= 0.6 is 11.6 Å². The average Bonchev–Trinajstić information content (AvgIpc) is 3.32. The number of aromatic carboxylic acids is 1. The van der Waals surface area contributed by atoms with Gasteiger partial charge in [-0.3, -0.25) is 4.79 Å². The van der Waals surface area contributed by atoms with Gasteiger partial charge in [0.15, 0.2) is 6.29 Å². The third-order valence-electron chi connectivity index (χ3n) is 5.29. The molecule has 1 unspecified atom stereocenters. The van der Waals surface area contributed by atoms with E-state index in [-0.39, 0.29) is 27.7 Å². The Bertz CT molecular complexity index is 1000. The zero-order valence-electron chi connectivity index (χ0n) is 14.2. The Morgan fingerprint density at radius 1 is 1.30 bits per heavy atom. The van der Waals surface area contributed by atoms with Crippen molar-refractivity contribution in [1.29, 1.82) is 0 Å². The molecule has 2 aromatic rings. The molecule has 1 atom stereocenters. The number of pyridine rings is 1. The van der Waals surface area contributed by atoms with Gasteiger partial charge in [0.05, 0.1) is 27.7 Å². The number of benzene rings is 1. The zero-order chi connectivity index (χ0) is 19.5. The monoisotopic (exact) mass is 396 g/mol. The molecular formula is C18H18ClFN2O5. The van der Waals surface area contributed by atoms with E-state index in [1.807, 2.05) is 0 Å². The molecule has 2 fully saturated rings. The maximum atomic E-state index is 14.9. The molecule has 2 aliphatic rings. The van der Waals surface area contributed by atoms with Crippen molar-refractivity contribution in [1.82, 2.24) is 4.57 Å². The van der Waals surface area contributed by atoms with E-state index in [1.54, 1.807) is 4.57 Å². The highest BCUT2D eigenvalue weighted by molar-refractivity contribution is 6.38. The van der Waals surface area contributed by atoms with Crippen LogP contribution in [0.15, 0.2) is 17.1 Å². The number of hydrogen-bond donors (Lipinski definition) is 3. The van der Waals surface area contributed by atoms with Gasteiger partial charge in [-0.1, -0.05) is 11.6 Å². The van der Waals surface area contributed by atoms with Crippen LogP contribution in [0.3, 0.4) is 0 Å². The second-order valence-corrected chi connectivity index (χ2v) is 7.43. The van der Waals surface area contributed by atoms with Gasteiger partial charge in [0, 0.05) is 18.8 Å². The van der Waals surface area contributed by atoms with Crippen LogP contribution in [0.5, 0.6) is 0 Å². The summed E-state index contributed by atoms with van der Waals surface area (Å²) in [6.07, 6.45) is 2.34. The van der Waals surface area contributed by atoms with Crippen LogP contribution in [-0.2, 0) is 0 Å². The normalized spacial score (nSPS) is 20.0. The minimum absolute atomic E-state index is 0.000168. The first-order valence-electron chi connectivity index (χ1n) is 8.74. The van der Waals surface area contributed by atoms with Crippen molar-refractivity contribution >= 4 is 34.2 Å². The summed E-state index contributed by atoms with van der Waals surface area (Å²) in [5, 5.41) is 28.4. The van der Waals surface area contributed by atoms with Gasteiger partial charge >= 0.3 is 5.97 Å². The van der Waals surface area contributed by atoms with Gasteiger partial charge in [0.25, 0.3) is 0 Å². The van der Waals surface area contributed by atoms with Crippen molar-refractivity contribution < 1.29 is 24.5 Å². The number of halogens is 2. The van der Waals surface area contributed by atoms with Crippen LogP contribution < -0.4 is 10.3 Å². The summed E-state index contributed by atoms with van der Waals surface area (Å²) in [7, 11) is 0. The molecule has 1 aromatic heterocycles. The van der Waals surface area contributed by atoms with Crippen LogP contribution in [0.1, 0.15) is 42.1 Å². The summed E-state index contributed by atoms with van der Waals surface area (Å²) in [5.74, 6) is -2.16. The molecule has 4 rings (SSSR count). The fraction of sp³-hybridized carbons (Fsp3) is 0.444. The Kier molecular flexibility index (Phi) is 4.37. The van der Waals surface area contributed by atoms with E-state index < -0.39 is 35.1 Å². The lowest BCUT2D eigenvalue weighted by Crippen LogP contribution is -2.39. The summed E-state index contributed by atoms with van der Waals surface area (Å²) in [6, 6.07) is 0.303. The van der Waals surface area contributed by atoms with Crippen LogP contribution in [0.4, 0.5) is 10.1 Å². The molecule has 9 heteroatoms. The first-order chi connectivity index (χ1) is 12.8. The number of carboxylic acid groups (broad SMARTS) is 1. The number of carbonyl (C=O) groups is 1. The smallest absolute Gasteiger partial charge is 0.341 e. The quantitative estimate of drug-likeness (QED) is 0.684. The highest BCUT2D eigenvalue weighted by atomic mass is 35.5. The van der Waals surface area contributed by atoms with Crippen molar-refractivity contribution in [2.75, 3.05) is 11.4 Å². The molecule has 0 amide bonds. The Morgan fingerprint density at radius 3 is 2.59 bits per heavy atom. The minimum Gasteiger partial charge on any atom is -0.477 e. The molecule has 0 bridgehead atoms. The molecule has 2 heterocycles. The standard InChI is InChI=1S/C18H18ClFN2O5/c19-13-14-9(16(23)10(17(24)25)7-22(14)8-3-4-8)6-11(20)15(13)21-5-1-2-12(21)18(26)27/h6-8,12,18,26-27H,1-5H2,(H,24,25). The van der Waals surface area contributed by atoms with E-state index in [2.05, 4.69) is 0 Å². The molecule has 1 aromatic carbocycles. The number of nitrogens with zero attached hydrogens (tertiary/aromatic N) is 2. The first-order valence-corrected chi connectivity index (χ1v) is 9.12. The van der Waals surface area contributed by atoms with Crippen LogP contribution in [-0.4, -0.2) is 44.7 Å². The van der Waals surface area contributed by atoms with Crippen molar-refractivity contribution in [3.05, 3.63) is 38.9 Å². The van der Waals surface area contributed by atoms with Gasteiger partial charge in [0.2, 0.25) is 5.43 Å². The number of aliphatic hydroxyl groups is 2. The Balaban J connectivity index is 2.01. The third-order valence-corrected chi connectivity index (χ3v) is 5.64. The third kappa shape index (κ3) is 2.88. The maximum Gasteiger partial charge on any atom is 0.341 e. The predicted octanol–water partition coefficient (Wildman–Crippen LogP) is 2.11. The molecule has 1 aliphatic heterocycles. The van der Waals surface area contributed by atoms with Gasteiger partial charge < -0.3 is 24.8 Å². The van der Waals surface area contributed by atoms with E-state index in [4.69, 9.17) is 11.6 Å². The van der Waals surface area contributed by atoms with Gasteiger partial charge in [0.1, 0.15) is 11.4 Å². The fourth-order valence-electron chi connectivity index (χ4n) is 3.87. The molecule has 7 nitrogen and oxygen atoms in total. The summed E-state index contributed by atoms with van der Waals surface area (Å²) < 4.78 is 16.6. The average molecular weight is 397 g/mol. The number of carboxylic acids is 1. The highest BCUT2D eigenvalue weighted by Gasteiger charge is 2.35. The molecule has 0 spiro atoms. The SMILES string of the molecule is O=C(O)c1cn(C2CC2)c2c(Cl)c(N3CCCC3C(O)O)c(F)cc2c1=O. The van der Waals surface area contributed by atoms with E-state index >= 15 is 0 Å². The number of anilines is 1. The van der Waals surface area contributed by atoms with Crippen molar-refractivity contribution in [3.63, 3.8) is 0 Å². The Labute approximate surface area is 158 Å². The van der Waals surface area contributed by atoms with E-state index in [0.29, 0.717) is 19.4 Å². The largest absolute Gasteiger partial charge is 0.477 e. The van der Waals surface area contributed by atoms with Crippen molar-refractivity contribution in [2.45, 2.75) is 44.1 Å². The molecule has 1 aliphatic carbocycles. The number of hydrogen-bond acceptors (Lipinski definition) is 5. The van der Waals surface area contributed by atoms with Gasteiger partial charge in [-0.25, -0.2) is 9.18 Å². The van der Waals surface area contributed by atoms with Gasteiger partial charge in [-0.05, 0) is 31.7 Å². The second-order valence-electron chi connectivity index (χ2n) is 7.05. The van der Waals surface area contributed by atoms with Gasteiger partial charge in [-0.2, -0.15) is 0 Å². The topological polar surface area (TPSA) is 103 Å². The summed E-state index contributed by atoms with van der Waals surface area (Å²) in [4.78, 5) is 25.5. The summed E-state index contributed by atoms with van der Waals surface area (Å²) in [6.45, 7) is 0.394. The van der Waals surface area contributed by atoms with Crippen molar-refractivity contribution in [3.8, 4) is 0 Å². The molecule has 3 N–H and O–H groups in total. The lowest BCUT2D eigenvalue weighted by molar-refractivity contribution is -0.0567. The van der Waals surface area contributed by atoms with Crippen LogP contribution in [0.2, 0.25) is 5.02 Å². The van der Waals surface area contributed by atoms with Gasteiger partial charge in [-0.15, -0.1) is 0 Å². The number of aliphatic hydroxyl groups excluding tert-OH is 1. The maximum absolute atomic E-state index is 14.9. The van der Waals surface area contributed by atoms with E-state index in [9.17, 15) is 29.3 Å². The summed E-state index contributed by atoms with van der Waals surface area (Å²) >= 11 is 6.53. The molecule has 144 valence electrons. The number of fused-ring (bicyclic) bond motifs is 1. The highest BCUT2D eigenvalue weighted by Crippen LogP contribution is 2.43. The first kappa shape index (κ1) is 18.2. The lowest BCUT2D eigenvalue weighted by Gasteiger charge is -2.30. The minimum atomic E-state index is -1.65. The molecule has 1 saturated heterocycles. The lowest BCUT2D eigenvalue weighted by atomic mass is 10.1. The molecule has 0 radical (unpaired) electrons. The fourth-order valence-corrected chi connectivity index (χ4v) is 4.27. The van der Waals surface area contributed by atoms with E-state index in [0.717, 1.165) is 18.9 Å². The van der Waals surface area contributed by atoms with Crippen LogP contribution in [0.25, 0.3) is 10.9 Å².